The molecule has 0 radical (unpaired) electrons. The van der Waals surface area contributed by atoms with Gasteiger partial charge in [0.1, 0.15) is 5.60 Å². The Balaban J connectivity index is 1.60. The van der Waals surface area contributed by atoms with Crippen LogP contribution in [-0.4, -0.2) is 43.3 Å². The average molecular weight is 368 g/mol. The lowest BCUT2D eigenvalue weighted by molar-refractivity contribution is -0.125. The predicted molar refractivity (Wildman–Crippen MR) is 103 cm³/mol. The van der Waals surface area contributed by atoms with Crippen LogP contribution in [0.4, 0.5) is 4.79 Å². The fourth-order valence-corrected chi connectivity index (χ4v) is 4.03. The van der Waals surface area contributed by atoms with Crippen molar-refractivity contribution in [3.05, 3.63) is 0 Å². The minimum absolute atomic E-state index is 0.223. The highest BCUT2D eigenvalue weighted by molar-refractivity contribution is 5.78. The van der Waals surface area contributed by atoms with Gasteiger partial charge >= 0.3 is 6.09 Å². The molecule has 2 aliphatic rings. The van der Waals surface area contributed by atoms with Crippen molar-refractivity contribution in [3.63, 3.8) is 0 Å². The SMILES string of the molecule is CC(C)(C)OC(=O)NC[C@H]1CCC[C@H]1NCCNC(=O)C1CCCCC1. The van der Waals surface area contributed by atoms with Crippen LogP contribution in [0.2, 0.25) is 0 Å². The Morgan fingerprint density at radius 1 is 0.923 bits per heavy atom. The second-order valence-corrected chi connectivity index (χ2v) is 8.76. The first-order valence-electron chi connectivity index (χ1n) is 10.3. The van der Waals surface area contributed by atoms with Crippen LogP contribution >= 0.6 is 0 Å². The van der Waals surface area contributed by atoms with E-state index in [-0.39, 0.29) is 17.9 Å². The number of ether oxygens (including phenoxy) is 1. The molecule has 0 aliphatic heterocycles. The highest BCUT2D eigenvalue weighted by atomic mass is 16.6. The van der Waals surface area contributed by atoms with E-state index in [9.17, 15) is 9.59 Å². The summed E-state index contributed by atoms with van der Waals surface area (Å²) in [5, 5.41) is 9.52. The molecular weight excluding hydrogens is 330 g/mol. The third-order valence-electron chi connectivity index (χ3n) is 5.37. The van der Waals surface area contributed by atoms with E-state index >= 15 is 0 Å². The first kappa shape index (κ1) is 21.0. The fourth-order valence-electron chi connectivity index (χ4n) is 4.03. The summed E-state index contributed by atoms with van der Waals surface area (Å²) >= 11 is 0. The minimum atomic E-state index is -0.464. The molecule has 0 aromatic heterocycles. The van der Waals surface area contributed by atoms with Crippen LogP contribution in [0.5, 0.6) is 0 Å². The Hall–Kier alpha value is -1.30. The lowest BCUT2D eigenvalue weighted by Gasteiger charge is -2.24. The number of carbonyl (C=O) groups is 2. The number of nitrogens with one attached hydrogen (secondary N) is 3. The van der Waals surface area contributed by atoms with E-state index in [2.05, 4.69) is 16.0 Å². The zero-order valence-electron chi connectivity index (χ0n) is 16.7. The van der Waals surface area contributed by atoms with E-state index in [0.717, 1.165) is 32.2 Å². The third kappa shape index (κ3) is 7.52. The van der Waals surface area contributed by atoms with Gasteiger partial charge in [0.05, 0.1) is 0 Å². The van der Waals surface area contributed by atoms with Crippen LogP contribution in [0.15, 0.2) is 0 Å². The molecule has 0 aromatic rings. The number of amides is 2. The third-order valence-corrected chi connectivity index (χ3v) is 5.37. The van der Waals surface area contributed by atoms with Crippen molar-refractivity contribution in [3.8, 4) is 0 Å². The first-order valence-corrected chi connectivity index (χ1v) is 10.3. The summed E-state index contributed by atoms with van der Waals surface area (Å²) in [6, 6.07) is 0.400. The van der Waals surface area contributed by atoms with E-state index in [1.165, 1.54) is 25.7 Å². The van der Waals surface area contributed by atoms with Gasteiger partial charge in [-0.3, -0.25) is 4.79 Å². The van der Waals surface area contributed by atoms with Gasteiger partial charge in [-0.1, -0.05) is 25.7 Å². The van der Waals surface area contributed by atoms with Gasteiger partial charge in [-0.05, 0) is 52.4 Å². The monoisotopic (exact) mass is 367 g/mol. The molecule has 2 aliphatic carbocycles. The van der Waals surface area contributed by atoms with Gasteiger partial charge in [-0.25, -0.2) is 4.79 Å². The summed E-state index contributed by atoms with van der Waals surface area (Å²) in [6.45, 7) is 7.71. The van der Waals surface area contributed by atoms with Crippen molar-refractivity contribution in [2.45, 2.75) is 83.8 Å². The molecule has 6 heteroatoms. The molecule has 3 N–H and O–H groups in total. The van der Waals surface area contributed by atoms with E-state index in [0.29, 0.717) is 25.0 Å². The van der Waals surface area contributed by atoms with E-state index in [4.69, 9.17) is 4.74 Å². The van der Waals surface area contributed by atoms with Crippen molar-refractivity contribution < 1.29 is 14.3 Å². The molecule has 6 nitrogen and oxygen atoms in total. The lowest BCUT2D eigenvalue weighted by atomic mass is 9.89. The van der Waals surface area contributed by atoms with Crippen molar-refractivity contribution in [2.24, 2.45) is 11.8 Å². The summed E-state index contributed by atoms with van der Waals surface area (Å²) in [4.78, 5) is 24.0. The number of alkyl carbamates (subject to hydrolysis) is 1. The minimum Gasteiger partial charge on any atom is -0.444 e. The van der Waals surface area contributed by atoms with E-state index < -0.39 is 5.60 Å². The maximum absolute atomic E-state index is 12.1. The molecule has 2 rings (SSSR count). The van der Waals surface area contributed by atoms with Crippen molar-refractivity contribution in [1.82, 2.24) is 16.0 Å². The molecule has 2 fully saturated rings. The van der Waals surface area contributed by atoms with E-state index in [1.54, 1.807) is 0 Å². The smallest absolute Gasteiger partial charge is 0.407 e. The van der Waals surface area contributed by atoms with Gasteiger partial charge in [-0.15, -0.1) is 0 Å². The normalized spacial score (nSPS) is 24.3. The van der Waals surface area contributed by atoms with Gasteiger partial charge in [0.15, 0.2) is 0 Å². The van der Waals surface area contributed by atoms with Gasteiger partial charge in [0.25, 0.3) is 0 Å². The number of rotatable bonds is 7. The maximum atomic E-state index is 12.1. The fraction of sp³-hybridized carbons (Fsp3) is 0.900. The Kier molecular flexibility index (Phi) is 8.19. The molecule has 0 aromatic carbocycles. The van der Waals surface area contributed by atoms with Crippen molar-refractivity contribution >= 4 is 12.0 Å². The molecule has 0 saturated heterocycles. The zero-order chi connectivity index (χ0) is 19.0. The van der Waals surface area contributed by atoms with Gasteiger partial charge in [0.2, 0.25) is 5.91 Å². The van der Waals surface area contributed by atoms with Crippen LogP contribution in [0.3, 0.4) is 0 Å². The molecule has 2 saturated carbocycles. The van der Waals surface area contributed by atoms with Crippen LogP contribution in [0.25, 0.3) is 0 Å². The Morgan fingerprint density at radius 3 is 2.35 bits per heavy atom. The molecule has 2 atom stereocenters. The lowest BCUT2D eigenvalue weighted by Crippen LogP contribution is -2.43. The largest absolute Gasteiger partial charge is 0.444 e. The van der Waals surface area contributed by atoms with Crippen molar-refractivity contribution in [2.75, 3.05) is 19.6 Å². The molecule has 0 unspecified atom stereocenters. The quantitative estimate of drug-likeness (QED) is 0.605. The highest BCUT2D eigenvalue weighted by Crippen LogP contribution is 2.25. The molecule has 0 spiro atoms. The first-order chi connectivity index (χ1) is 12.3. The van der Waals surface area contributed by atoms with Crippen LogP contribution in [0.1, 0.15) is 72.1 Å². The van der Waals surface area contributed by atoms with Gasteiger partial charge in [0, 0.05) is 31.6 Å². The zero-order valence-corrected chi connectivity index (χ0v) is 16.7. The Morgan fingerprint density at radius 2 is 1.65 bits per heavy atom. The number of carbonyl (C=O) groups excluding carboxylic acids is 2. The summed E-state index contributed by atoms with van der Waals surface area (Å²) in [7, 11) is 0. The molecule has 0 bridgehead atoms. The molecule has 150 valence electrons. The topological polar surface area (TPSA) is 79.5 Å². The van der Waals surface area contributed by atoms with Gasteiger partial charge < -0.3 is 20.7 Å². The molecule has 0 heterocycles. The van der Waals surface area contributed by atoms with Crippen LogP contribution in [-0.2, 0) is 9.53 Å². The Bertz CT molecular complexity index is 456. The molecule has 26 heavy (non-hydrogen) atoms. The Labute approximate surface area is 158 Å². The van der Waals surface area contributed by atoms with Crippen LogP contribution in [0, 0.1) is 11.8 Å². The molecular formula is C20H37N3O3. The standard InChI is InChI=1S/C20H37N3O3/c1-20(2,3)26-19(25)23-14-16-10-7-11-17(16)21-12-13-22-18(24)15-8-5-4-6-9-15/h15-17,21H,4-14H2,1-3H3,(H,22,24)(H,23,25)/t16-,17-/m1/s1. The molecule has 2 amide bonds. The maximum Gasteiger partial charge on any atom is 0.407 e. The van der Waals surface area contributed by atoms with Crippen molar-refractivity contribution in [1.29, 1.82) is 0 Å². The number of hydrogen-bond acceptors (Lipinski definition) is 4. The van der Waals surface area contributed by atoms with Crippen LogP contribution < -0.4 is 16.0 Å². The predicted octanol–water partition coefficient (Wildman–Crippen LogP) is 2.97. The average Bonchev–Trinajstić information content (AvgIpc) is 3.03. The summed E-state index contributed by atoms with van der Waals surface area (Å²) in [5.74, 6) is 0.874. The highest BCUT2D eigenvalue weighted by Gasteiger charge is 2.28. The van der Waals surface area contributed by atoms with E-state index in [1.807, 2.05) is 20.8 Å². The van der Waals surface area contributed by atoms with Gasteiger partial charge in [-0.2, -0.15) is 0 Å². The number of hydrogen-bond donors (Lipinski definition) is 3. The second-order valence-electron chi connectivity index (χ2n) is 8.76. The second kappa shape index (κ2) is 10.1. The summed E-state index contributed by atoms with van der Waals surface area (Å²) in [5.41, 5.74) is -0.464. The summed E-state index contributed by atoms with van der Waals surface area (Å²) in [6.07, 6.45) is 8.79. The summed E-state index contributed by atoms with van der Waals surface area (Å²) < 4.78 is 5.30.